The molecule has 0 saturated heterocycles. The summed E-state index contributed by atoms with van der Waals surface area (Å²) in [6, 6.07) is 0. The summed E-state index contributed by atoms with van der Waals surface area (Å²) in [5.74, 6) is 1.76. The molecule has 0 radical (unpaired) electrons. The van der Waals surface area contributed by atoms with Crippen LogP contribution in [0.3, 0.4) is 0 Å². The van der Waals surface area contributed by atoms with Gasteiger partial charge < -0.3 is 5.32 Å². The van der Waals surface area contributed by atoms with E-state index in [1.54, 1.807) is 6.26 Å². The quantitative estimate of drug-likeness (QED) is 0.729. The highest BCUT2D eigenvalue weighted by molar-refractivity contribution is 7.84. The first-order chi connectivity index (χ1) is 7.61. The zero-order chi connectivity index (χ0) is 12.0. The Morgan fingerprint density at radius 3 is 2.69 bits per heavy atom. The summed E-state index contributed by atoms with van der Waals surface area (Å²) in [6.45, 7) is 6.63. The maximum Gasteiger partial charge on any atom is 0.0329 e. The summed E-state index contributed by atoms with van der Waals surface area (Å²) in [5.41, 5.74) is 0. The first kappa shape index (κ1) is 14.2. The molecular formula is C13H27NOS. The van der Waals surface area contributed by atoms with E-state index in [0.29, 0.717) is 5.25 Å². The molecule has 0 amide bonds. The van der Waals surface area contributed by atoms with Gasteiger partial charge >= 0.3 is 0 Å². The van der Waals surface area contributed by atoms with Gasteiger partial charge in [-0.15, -0.1) is 0 Å². The van der Waals surface area contributed by atoms with Crippen molar-refractivity contribution < 1.29 is 4.21 Å². The van der Waals surface area contributed by atoms with Crippen molar-refractivity contribution in [1.82, 2.24) is 5.32 Å². The molecule has 2 nitrogen and oxygen atoms in total. The van der Waals surface area contributed by atoms with Gasteiger partial charge in [-0.1, -0.05) is 33.1 Å². The third-order valence-electron chi connectivity index (χ3n) is 3.99. The Kier molecular flexibility index (Phi) is 6.59. The van der Waals surface area contributed by atoms with E-state index < -0.39 is 10.8 Å². The third-order valence-corrected chi connectivity index (χ3v) is 5.36. The van der Waals surface area contributed by atoms with Gasteiger partial charge in [0.25, 0.3) is 0 Å². The maximum atomic E-state index is 11.2. The van der Waals surface area contributed by atoms with Crippen molar-refractivity contribution in [3.05, 3.63) is 0 Å². The van der Waals surface area contributed by atoms with E-state index in [2.05, 4.69) is 19.2 Å². The first-order valence-corrected chi connectivity index (χ1v) is 8.26. The van der Waals surface area contributed by atoms with Gasteiger partial charge in [-0.05, 0) is 37.8 Å². The van der Waals surface area contributed by atoms with Gasteiger partial charge in [0.1, 0.15) is 0 Å². The summed E-state index contributed by atoms with van der Waals surface area (Å²) >= 11 is 0. The molecule has 1 rings (SSSR count). The molecule has 4 atom stereocenters. The molecule has 0 aromatic carbocycles. The van der Waals surface area contributed by atoms with Gasteiger partial charge in [0.2, 0.25) is 0 Å². The van der Waals surface area contributed by atoms with Crippen molar-refractivity contribution in [3.63, 3.8) is 0 Å². The summed E-state index contributed by atoms with van der Waals surface area (Å²) < 4.78 is 11.2. The molecule has 96 valence electrons. The van der Waals surface area contributed by atoms with Gasteiger partial charge in [-0.25, -0.2) is 0 Å². The fourth-order valence-electron chi connectivity index (χ4n) is 2.46. The van der Waals surface area contributed by atoms with Crippen LogP contribution in [0.1, 0.15) is 46.0 Å². The standard InChI is InChI=1S/C13H27NOS/c1-11-6-4-5-7-13(11)10-14-9-8-12(2)16(3)15/h11-14H,4-10H2,1-3H3/t11-,12+,13+,16-/m0/s1. The highest BCUT2D eigenvalue weighted by Crippen LogP contribution is 2.28. The molecule has 1 N–H and O–H groups in total. The van der Waals surface area contributed by atoms with E-state index in [9.17, 15) is 4.21 Å². The summed E-state index contributed by atoms with van der Waals surface area (Å²) in [4.78, 5) is 0. The molecular weight excluding hydrogens is 218 g/mol. The number of rotatable bonds is 6. The molecule has 0 unspecified atom stereocenters. The van der Waals surface area contributed by atoms with E-state index >= 15 is 0 Å². The lowest BCUT2D eigenvalue weighted by molar-refractivity contribution is 0.248. The van der Waals surface area contributed by atoms with Crippen molar-refractivity contribution in [2.45, 2.75) is 51.2 Å². The Morgan fingerprint density at radius 1 is 1.38 bits per heavy atom. The van der Waals surface area contributed by atoms with Crippen LogP contribution in [-0.2, 0) is 10.8 Å². The molecule has 0 aromatic rings. The Bertz CT molecular complexity index is 220. The van der Waals surface area contributed by atoms with Crippen molar-refractivity contribution in [2.75, 3.05) is 19.3 Å². The van der Waals surface area contributed by atoms with Crippen LogP contribution >= 0.6 is 0 Å². The second-order valence-electron chi connectivity index (χ2n) is 5.32. The SMILES string of the molecule is C[C@H](CCNC[C@H]1CCCC[C@@H]1C)[S@](C)=O. The van der Waals surface area contributed by atoms with E-state index in [1.807, 2.05) is 0 Å². The number of hydrogen-bond donors (Lipinski definition) is 1. The van der Waals surface area contributed by atoms with Gasteiger partial charge in [-0.2, -0.15) is 0 Å². The molecule has 0 spiro atoms. The van der Waals surface area contributed by atoms with Crippen LogP contribution in [0.15, 0.2) is 0 Å². The second kappa shape index (κ2) is 7.44. The Hall–Kier alpha value is 0.110. The molecule has 16 heavy (non-hydrogen) atoms. The lowest BCUT2D eigenvalue weighted by atomic mass is 9.80. The minimum atomic E-state index is -0.665. The summed E-state index contributed by atoms with van der Waals surface area (Å²) in [5, 5.41) is 3.87. The highest BCUT2D eigenvalue weighted by Gasteiger charge is 2.20. The van der Waals surface area contributed by atoms with Crippen molar-refractivity contribution >= 4 is 10.8 Å². The Morgan fingerprint density at radius 2 is 2.06 bits per heavy atom. The molecule has 3 heteroatoms. The van der Waals surface area contributed by atoms with E-state index in [0.717, 1.165) is 31.3 Å². The van der Waals surface area contributed by atoms with Gasteiger partial charge in [-0.3, -0.25) is 4.21 Å². The topological polar surface area (TPSA) is 29.1 Å². The van der Waals surface area contributed by atoms with E-state index in [4.69, 9.17) is 0 Å². The minimum absolute atomic E-state index is 0.330. The van der Waals surface area contributed by atoms with Crippen molar-refractivity contribution in [3.8, 4) is 0 Å². The fourth-order valence-corrected chi connectivity index (χ4v) is 2.90. The highest BCUT2D eigenvalue weighted by atomic mass is 32.2. The van der Waals surface area contributed by atoms with Crippen LogP contribution in [0.2, 0.25) is 0 Å². The monoisotopic (exact) mass is 245 g/mol. The lowest BCUT2D eigenvalue weighted by Gasteiger charge is -2.29. The fraction of sp³-hybridized carbons (Fsp3) is 1.00. The zero-order valence-electron chi connectivity index (χ0n) is 11.0. The molecule has 1 fully saturated rings. The molecule has 0 aliphatic heterocycles. The average molecular weight is 245 g/mol. The van der Waals surface area contributed by atoms with Gasteiger partial charge in [0, 0.05) is 22.3 Å². The van der Waals surface area contributed by atoms with E-state index in [1.165, 1.54) is 25.7 Å². The largest absolute Gasteiger partial charge is 0.316 e. The van der Waals surface area contributed by atoms with Crippen LogP contribution in [0.4, 0.5) is 0 Å². The van der Waals surface area contributed by atoms with Crippen LogP contribution < -0.4 is 5.32 Å². The summed E-state index contributed by atoms with van der Waals surface area (Å²) in [7, 11) is -0.665. The smallest absolute Gasteiger partial charge is 0.0329 e. The lowest BCUT2D eigenvalue weighted by Crippen LogP contribution is -2.31. The average Bonchev–Trinajstić information content (AvgIpc) is 2.26. The molecule has 1 aliphatic carbocycles. The van der Waals surface area contributed by atoms with Crippen LogP contribution in [-0.4, -0.2) is 28.8 Å². The van der Waals surface area contributed by atoms with Crippen molar-refractivity contribution in [1.29, 1.82) is 0 Å². The van der Waals surface area contributed by atoms with Gasteiger partial charge in [0.15, 0.2) is 0 Å². The van der Waals surface area contributed by atoms with Crippen LogP contribution in [0.25, 0.3) is 0 Å². The van der Waals surface area contributed by atoms with Crippen LogP contribution in [0, 0.1) is 11.8 Å². The second-order valence-corrected chi connectivity index (χ2v) is 7.13. The first-order valence-electron chi connectivity index (χ1n) is 6.64. The Balaban J connectivity index is 2.08. The number of hydrogen-bond acceptors (Lipinski definition) is 2. The third kappa shape index (κ3) is 4.96. The normalized spacial score (nSPS) is 29.9. The predicted molar refractivity (Wildman–Crippen MR) is 72.1 cm³/mol. The summed E-state index contributed by atoms with van der Waals surface area (Å²) in [6.07, 6.45) is 8.46. The van der Waals surface area contributed by atoms with E-state index in [-0.39, 0.29) is 0 Å². The molecule has 0 bridgehead atoms. The predicted octanol–water partition coefficient (Wildman–Crippen LogP) is 2.56. The minimum Gasteiger partial charge on any atom is -0.316 e. The van der Waals surface area contributed by atoms with Crippen molar-refractivity contribution in [2.24, 2.45) is 11.8 Å². The zero-order valence-corrected chi connectivity index (χ0v) is 11.8. The molecule has 1 aliphatic rings. The molecule has 1 saturated carbocycles. The van der Waals surface area contributed by atoms with Gasteiger partial charge in [0.05, 0.1) is 0 Å². The molecule has 0 aromatic heterocycles. The molecule has 0 heterocycles. The maximum absolute atomic E-state index is 11.2. The number of nitrogens with one attached hydrogen (secondary N) is 1. The van der Waals surface area contributed by atoms with Crippen LogP contribution in [0.5, 0.6) is 0 Å². The Labute approximate surface area is 103 Å².